The highest BCUT2D eigenvalue weighted by molar-refractivity contribution is 6.39. The second-order valence-corrected chi connectivity index (χ2v) is 6.84. The van der Waals surface area contributed by atoms with E-state index in [0.29, 0.717) is 17.1 Å². The number of benzene rings is 1. The molecule has 0 fully saturated rings. The van der Waals surface area contributed by atoms with Gasteiger partial charge in [-0.1, -0.05) is 23.2 Å². The Morgan fingerprint density at radius 1 is 1.17 bits per heavy atom. The van der Waals surface area contributed by atoms with Crippen molar-refractivity contribution in [1.82, 2.24) is 9.97 Å². The number of hydrogen-bond acceptors (Lipinski definition) is 7. The van der Waals surface area contributed by atoms with E-state index >= 15 is 0 Å². The molecular weight excluding hydrogens is 419 g/mol. The molecule has 0 aliphatic rings. The van der Waals surface area contributed by atoms with Crippen LogP contribution < -0.4 is 20.5 Å². The molecule has 2 aromatic heterocycles. The van der Waals surface area contributed by atoms with Gasteiger partial charge in [0.2, 0.25) is 5.89 Å². The zero-order valence-corrected chi connectivity index (χ0v) is 17.3. The molecule has 0 spiro atoms. The fraction of sp³-hybridized carbons (Fsp3) is 0.211. The van der Waals surface area contributed by atoms with E-state index in [0.717, 1.165) is 0 Å². The summed E-state index contributed by atoms with van der Waals surface area (Å²) < 4.78 is 16.3. The lowest BCUT2D eigenvalue weighted by Crippen LogP contribution is -2.17. The molecular formula is C19H18Cl2N4O4. The maximum absolute atomic E-state index is 12.8. The molecule has 29 heavy (non-hydrogen) atoms. The molecule has 1 unspecified atom stereocenters. The van der Waals surface area contributed by atoms with Gasteiger partial charge in [0.1, 0.15) is 0 Å². The van der Waals surface area contributed by atoms with E-state index in [1.807, 2.05) is 0 Å². The highest BCUT2D eigenvalue weighted by atomic mass is 35.5. The number of hydrogen-bond donors (Lipinski definition) is 2. The topological polar surface area (TPSA) is 112 Å². The van der Waals surface area contributed by atoms with Gasteiger partial charge in [0.25, 0.3) is 5.91 Å². The van der Waals surface area contributed by atoms with E-state index in [-0.39, 0.29) is 33.1 Å². The van der Waals surface area contributed by atoms with Gasteiger partial charge < -0.3 is 24.9 Å². The number of oxazole rings is 1. The Morgan fingerprint density at radius 3 is 2.41 bits per heavy atom. The number of anilines is 1. The summed E-state index contributed by atoms with van der Waals surface area (Å²) in [5.41, 5.74) is 6.81. The molecule has 10 heteroatoms. The lowest BCUT2D eigenvalue weighted by Gasteiger charge is -2.08. The Morgan fingerprint density at radius 2 is 1.83 bits per heavy atom. The van der Waals surface area contributed by atoms with Crippen LogP contribution in [0.4, 0.5) is 5.69 Å². The minimum Gasteiger partial charge on any atom is -0.493 e. The summed E-state index contributed by atoms with van der Waals surface area (Å²) >= 11 is 12.1. The van der Waals surface area contributed by atoms with Crippen LogP contribution in [0.3, 0.4) is 0 Å². The Labute approximate surface area is 176 Å². The fourth-order valence-corrected chi connectivity index (χ4v) is 3.06. The van der Waals surface area contributed by atoms with Gasteiger partial charge in [-0.15, -0.1) is 0 Å². The molecule has 1 atom stereocenters. The molecule has 1 amide bonds. The van der Waals surface area contributed by atoms with Gasteiger partial charge in [-0.25, -0.2) is 4.98 Å². The minimum atomic E-state index is -0.583. The highest BCUT2D eigenvalue weighted by Gasteiger charge is 2.25. The second-order valence-electron chi connectivity index (χ2n) is 6.02. The first-order chi connectivity index (χ1) is 13.8. The van der Waals surface area contributed by atoms with Gasteiger partial charge >= 0.3 is 0 Å². The normalized spacial score (nSPS) is 11.8. The summed E-state index contributed by atoms with van der Waals surface area (Å²) in [6.45, 7) is 1.68. The molecule has 3 aromatic rings. The first-order valence-corrected chi connectivity index (χ1v) is 9.20. The molecule has 8 nitrogen and oxygen atoms in total. The quantitative estimate of drug-likeness (QED) is 0.590. The number of carbonyl (C=O) groups excluding carboxylic acids is 1. The number of pyridine rings is 1. The molecule has 152 valence electrons. The van der Waals surface area contributed by atoms with Gasteiger partial charge in [-0.05, 0) is 25.1 Å². The smallest absolute Gasteiger partial charge is 0.278 e. The third kappa shape index (κ3) is 4.29. The van der Waals surface area contributed by atoms with E-state index in [2.05, 4.69) is 15.3 Å². The van der Waals surface area contributed by atoms with Crippen LogP contribution in [-0.4, -0.2) is 30.1 Å². The summed E-state index contributed by atoms with van der Waals surface area (Å²) in [5.74, 6) is 0.897. The number of amides is 1. The molecule has 0 aliphatic heterocycles. The average molecular weight is 437 g/mol. The van der Waals surface area contributed by atoms with Crippen molar-refractivity contribution >= 4 is 34.8 Å². The van der Waals surface area contributed by atoms with Gasteiger partial charge in [0, 0.05) is 18.0 Å². The number of halogens is 2. The summed E-state index contributed by atoms with van der Waals surface area (Å²) in [6.07, 6.45) is 2.74. The predicted molar refractivity (Wildman–Crippen MR) is 110 cm³/mol. The highest BCUT2D eigenvalue weighted by Crippen LogP contribution is 2.34. The number of aromatic nitrogens is 2. The monoisotopic (exact) mass is 436 g/mol. The number of nitrogens with zero attached hydrogens (tertiary/aromatic N) is 2. The van der Waals surface area contributed by atoms with Crippen molar-refractivity contribution in [3.63, 3.8) is 0 Å². The molecule has 1 aromatic carbocycles. The van der Waals surface area contributed by atoms with Crippen LogP contribution in [0.5, 0.6) is 11.5 Å². The van der Waals surface area contributed by atoms with Crippen LogP contribution in [0.15, 0.2) is 35.0 Å². The Kier molecular flexibility index (Phi) is 6.26. The molecule has 0 aliphatic carbocycles. The molecule has 3 N–H and O–H groups in total. The van der Waals surface area contributed by atoms with E-state index in [4.69, 9.17) is 42.8 Å². The maximum Gasteiger partial charge on any atom is 0.278 e. The number of rotatable bonds is 6. The molecule has 0 bridgehead atoms. The third-order valence-corrected chi connectivity index (χ3v) is 4.58. The number of ether oxygens (including phenoxy) is 2. The number of methoxy groups -OCH3 is 2. The number of nitrogens with one attached hydrogen (secondary N) is 1. The van der Waals surface area contributed by atoms with E-state index in [1.54, 1.807) is 25.1 Å². The minimum absolute atomic E-state index is 0.0220. The van der Waals surface area contributed by atoms with Crippen molar-refractivity contribution in [2.45, 2.75) is 13.0 Å². The van der Waals surface area contributed by atoms with Crippen molar-refractivity contribution in [3.8, 4) is 23.0 Å². The summed E-state index contributed by atoms with van der Waals surface area (Å²) in [4.78, 5) is 21.0. The van der Waals surface area contributed by atoms with Crippen molar-refractivity contribution in [3.05, 3.63) is 52.1 Å². The van der Waals surface area contributed by atoms with Crippen LogP contribution >= 0.6 is 23.2 Å². The van der Waals surface area contributed by atoms with Gasteiger partial charge in [-0.2, -0.15) is 0 Å². The van der Waals surface area contributed by atoms with E-state index < -0.39 is 11.9 Å². The van der Waals surface area contributed by atoms with Crippen molar-refractivity contribution < 1.29 is 18.7 Å². The van der Waals surface area contributed by atoms with Crippen LogP contribution in [0.1, 0.15) is 29.2 Å². The Balaban J connectivity index is 2.00. The first kappa shape index (κ1) is 20.9. The van der Waals surface area contributed by atoms with Crippen molar-refractivity contribution in [1.29, 1.82) is 0 Å². The molecule has 0 radical (unpaired) electrons. The van der Waals surface area contributed by atoms with E-state index in [9.17, 15) is 4.79 Å². The molecule has 3 rings (SSSR count). The molecule has 0 saturated heterocycles. The average Bonchev–Trinajstić information content (AvgIpc) is 3.16. The van der Waals surface area contributed by atoms with Gasteiger partial charge in [-0.3, -0.25) is 9.78 Å². The lowest BCUT2D eigenvalue weighted by atomic mass is 10.2. The first-order valence-electron chi connectivity index (χ1n) is 8.44. The van der Waals surface area contributed by atoms with Crippen LogP contribution in [0.25, 0.3) is 11.5 Å². The van der Waals surface area contributed by atoms with Crippen LogP contribution in [0.2, 0.25) is 10.0 Å². The third-order valence-electron chi connectivity index (χ3n) is 4.00. The van der Waals surface area contributed by atoms with Crippen LogP contribution in [-0.2, 0) is 0 Å². The van der Waals surface area contributed by atoms with Gasteiger partial charge in [0.05, 0.1) is 36.0 Å². The Hall–Kier alpha value is -2.81. The lowest BCUT2D eigenvalue weighted by molar-refractivity contribution is 0.102. The standard InChI is InChI=1S/C19H18Cl2N4O4/c1-9(22)17-16(18(26)24-15-11(20)7-23-8-12(15)21)25-19(29-17)10-4-5-13(27-2)14(6-10)28-3/h4-9H,22H2,1-3H3,(H,23,24,26). The largest absolute Gasteiger partial charge is 0.493 e. The zero-order valence-electron chi connectivity index (χ0n) is 15.8. The van der Waals surface area contributed by atoms with Crippen molar-refractivity contribution in [2.24, 2.45) is 5.73 Å². The summed E-state index contributed by atoms with van der Waals surface area (Å²) in [5, 5.41) is 3.01. The molecule has 2 heterocycles. The second kappa shape index (κ2) is 8.69. The maximum atomic E-state index is 12.8. The summed E-state index contributed by atoms with van der Waals surface area (Å²) in [7, 11) is 3.06. The van der Waals surface area contributed by atoms with E-state index in [1.165, 1.54) is 26.6 Å². The SMILES string of the molecule is COc1ccc(-c2nc(C(=O)Nc3c(Cl)cncc3Cl)c(C(C)N)o2)cc1OC. The molecule has 0 saturated carbocycles. The Bertz CT molecular complexity index is 1030. The van der Waals surface area contributed by atoms with Gasteiger partial charge in [0.15, 0.2) is 23.0 Å². The van der Waals surface area contributed by atoms with Crippen LogP contribution in [0, 0.1) is 0 Å². The summed E-state index contributed by atoms with van der Waals surface area (Å²) in [6, 6.07) is 4.55. The number of nitrogens with two attached hydrogens (primary N) is 1. The number of carbonyl (C=O) groups is 1. The predicted octanol–water partition coefficient (Wildman–Crippen LogP) is 4.33. The fourth-order valence-electron chi connectivity index (χ4n) is 2.60. The zero-order chi connectivity index (χ0) is 21.1. The van der Waals surface area contributed by atoms with Crippen molar-refractivity contribution in [2.75, 3.05) is 19.5 Å².